The number of aryl methyl sites for hydroxylation is 1. The first-order valence-corrected chi connectivity index (χ1v) is 7.18. The Balaban J connectivity index is 2.06. The average molecular weight is 267 g/mol. The molecule has 0 saturated carbocycles. The summed E-state index contributed by atoms with van der Waals surface area (Å²) in [5, 5.41) is 0. The van der Waals surface area contributed by atoms with Crippen molar-refractivity contribution in [2.24, 2.45) is 5.92 Å². The van der Waals surface area contributed by atoms with E-state index in [-0.39, 0.29) is 0 Å². The van der Waals surface area contributed by atoms with E-state index in [4.69, 9.17) is 11.6 Å². The van der Waals surface area contributed by atoms with Crippen LogP contribution in [0.25, 0.3) is 0 Å². The van der Waals surface area contributed by atoms with Crippen LogP contribution in [-0.4, -0.2) is 38.6 Å². The number of halogens is 1. The topological polar surface area (TPSA) is 6.48 Å². The zero-order chi connectivity index (χ0) is 13.1. The van der Waals surface area contributed by atoms with Crippen molar-refractivity contribution in [1.29, 1.82) is 0 Å². The fourth-order valence-electron chi connectivity index (χ4n) is 2.85. The van der Waals surface area contributed by atoms with Crippen LogP contribution in [-0.2, 0) is 5.88 Å². The van der Waals surface area contributed by atoms with Crippen LogP contribution in [0.5, 0.6) is 0 Å². The van der Waals surface area contributed by atoms with Crippen molar-refractivity contribution < 1.29 is 0 Å². The summed E-state index contributed by atoms with van der Waals surface area (Å²) in [5.41, 5.74) is 3.80. The Kier molecular flexibility index (Phi) is 4.52. The fourth-order valence-corrected chi connectivity index (χ4v) is 3.07. The van der Waals surface area contributed by atoms with Crippen LogP contribution in [0, 0.1) is 12.8 Å². The first kappa shape index (κ1) is 13.7. The van der Waals surface area contributed by atoms with E-state index in [0.717, 1.165) is 12.5 Å². The molecule has 0 amide bonds. The predicted octanol–water partition coefficient (Wildman–Crippen LogP) is 3.12. The summed E-state index contributed by atoms with van der Waals surface area (Å²) < 4.78 is 0. The number of alkyl halides is 1. The lowest BCUT2D eigenvalue weighted by atomic mass is 10.1. The zero-order valence-corrected chi connectivity index (χ0v) is 12.4. The molecule has 0 bridgehead atoms. The SMILES string of the molecule is Cc1ccc(N(C)CC2CCN(C)C2)c(CCl)c1. The molecule has 0 spiro atoms. The number of benzene rings is 1. The Morgan fingerprint density at radius 1 is 1.44 bits per heavy atom. The molecule has 1 aliphatic heterocycles. The van der Waals surface area contributed by atoms with E-state index < -0.39 is 0 Å². The molecule has 1 fully saturated rings. The van der Waals surface area contributed by atoms with Gasteiger partial charge in [-0.05, 0) is 44.5 Å². The molecule has 100 valence electrons. The maximum absolute atomic E-state index is 6.05. The van der Waals surface area contributed by atoms with Crippen LogP contribution < -0.4 is 4.90 Å². The predicted molar refractivity (Wildman–Crippen MR) is 79.6 cm³/mol. The fraction of sp³-hybridized carbons (Fsp3) is 0.600. The molecule has 2 nitrogen and oxygen atoms in total. The third kappa shape index (κ3) is 3.18. The summed E-state index contributed by atoms with van der Waals surface area (Å²) in [5.74, 6) is 1.37. The van der Waals surface area contributed by atoms with Gasteiger partial charge in [0, 0.05) is 31.7 Å². The van der Waals surface area contributed by atoms with Gasteiger partial charge in [-0.1, -0.05) is 17.7 Å². The zero-order valence-electron chi connectivity index (χ0n) is 11.6. The molecule has 1 atom stereocenters. The summed E-state index contributed by atoms with van der Waals surface area (Å²) in [6.07, 6.45) is 1.31. The quantitative estimate of drug-likeness (QED) is 0.773. The van der Waals surface area contributed by atoms with Gasteiger partial charge in [0.25, 0.3) is 0 Å². The third-order valence-electron chi connectivity index (χ3n) is 3.81. The molecular weight excluding hydrogens is 244 g/mol. The molecule has 1 aromatic rings. The maximum atomic E-state index is 6.05. The van der Waals surface area contributed by atoms with Crippen molar-refractivity contribution in [3.05, 3.63) is 29.3 Å². The average Bonchev–Trinajstić information content (AvgIpc) is 2.74. The summed E-state index contributed by atoms with van der Waals surface area (Å²) >= 11 is 6.05. The van der Waals surface area contributed by atoms with Crippen LogP contribution in [0.2, 0.25) is 0 Å². The molecule has 1 aliphatic rings. The van der Waals surface area contributed by atoms with Gasteiger partial charge in [-0.15, -0.1) is 11.6 Å². The van der Waals surface area contributed by atoms with Crippen molar-refractivity contribution in [3.8, 4) is 0 Å². The van der Waals surface area contributed by atoms with E-state index >= 15 is 0 Å². The number of likely N-dealkylation sites (tertiary alicyclic amines) is 1. The Morgan fingerprint density at radius 3 is 2.83 bits per heavy atom. The van der Waals surface area contributed by atoms with Crippen LogP contribution in [0.1, 0.15) is 17.5 Å². The minimum atomic E-state index is 0.589. The minimum absolute atomic E-state index is 0.589. The highest BCUT2D eigenvalue weighted by Gasteiger charge is 2.21. The lowest BCUT2D eigenvalue weighted by Gasteiger charge is -2.25. The summed E-state index contributed by atoms with van der Waals surface area (Å²) in [4.78, 5) is 4.77. The molecule has 0 N–H and O–H groups in total. The van der Waals surface area contributed by atoms with Gasteiger partial charge in [0.2, 0.25) is 0 Å². The smallest absolute Gasteiger partial charge is 0.0494 e. The molecule has 1 saturated heterocycles. The standard InChI is InChI=1S/C15H23ClN2/c1-12-4-5-15(14(8-12)9-16)18(3)11-13-6-7-17(2)10-13/h4-5,8,13H,6-7,9-11H2,1-3H3. The van der Waals surface area contributed by atoms with Crippen molar-refractivity contribution in [1.82, 2.24) is 4.90 Å². The highest BCUT2D eigenvalue weighted by Crippen LogP contribution is 2.25. The Bertz CT molecular complexity index is 405. The number of hydrogen-bond donors (Lipinski definition) is 0. The Labute approximate surface area is 116 Å². The third-order valence-corrected chi connectivity index (χ3v) is 4.10. The van der Waals surface area contributed by atoms with Crippen LogP contribution in [0.4, 0.5) is 5.69 Å². The largest absolute Gasteiger partial charge is 0.374 e. The monoisotopic (exact) mass is 266 g/mol. The first-order valence-electron chi connectivity index (χ1n) is 6.65. The molecule has 1 unspecified atom stereocenters. The minimum Gasteiger partial charge on any atom is -0.374 e. The highest BCUT2D eigenvalue weighted by atomic mass is 35.5. The van der Waals surface area contributed by atoms with E-state index in [1.165, 1.54) is 36.3 Å². The van der Waals surface area contributed by atoms with E-state index in [9.17, 15) is 0 Å². The number of rotatable bonds is 4. The van der Waals surface area contributed by atoms with Crippen molar-refractivity contribution in [2.45, 2.75) is 19.2 Å². The van der Waals surface area contributed by atoms with Crippen LogP contribution in [0.3, 0.4) is 0 Å². The van der Waals surface area contributed by atoms with E-state index in [1.807, 2.05) is 0 Å². The molecule has 0 aromatic heterocycles. The Morgan fingerprint density at radius 2 is 2.22 bits per heavy atom. The second kappa shape index (κ2) is 5.94. The first-order chi connectivity index (χ1) is 8.60. The summed E-state index contributed by atoms with van der Waals surface area (Å²) in [6.45, 7) is 5.68. The molecule has 0 aliphatic carbocycles. The van der Waals surface area contributed by atoms with E-state index in [0.29, 0.717) is 5.88 Å². The highest BCUT2D eigenvalue weighted by molar-refractivity contribution is 6.17. The molecule has 18 heavy (non-hydrogen) atoms. The number of anilines is 1. The molecule has 0 radical (unpaired) electrons. The van der Waals surface area contributed by atoms with Gasteiger partial charge in [-0.3, -0.25) is 0 Å². The van der Waals surface area contributed by atoms with Crippen molar-refractivity contribution in [3.63, 3.8) is 0 Å². The maximum Gasteiger partial charge on any atom is 0.0494 e. The summed E-state index contributed by atoms with van der Waals surface area (Å²) in [6, 6.07) is 6.56. The second-order valence-corrected chi connectivity index (χ2v) is 5.83. The van der Waals surface area contributed by atoms with Gasteiger partial charge in [0.05, 0.1) is 0 Å². The normalized spacial score (nSPS) is 20.3. The number of hydrogen-bond acceptors (Lipinski definition) is 2. The molecule has 3 heteroatoms. The van der Waals surface area contributed by atoms with E-state index in [2.05, 4.69) is 49.0 Å². The second-order valence-electron chi connectivity index (χ2n) is 5.56. The lowest BCUT2D eigenvalue weighted by molar-refractivity contribution is 0.396. The van der Waals surface area contributed by atoms with Gasteiger partial charge < -0.3 is 9.80 Å². The molecular formula is C15H23ClN2. The molecule has 2 rings (SSSR count). The molecule has 1 aromatic carbocycles. The van der Waals surface area contributed by atoms with Gasteiger partial charge in [-0.25, -0.2) is 0 Å². The van der Waals surface area contributed by atoms with Gasteiger partial charge >= 0.3 is 0 Å². The summed E-state index contributed by atoms with van der Waals surface area (Å²) in [7, 11) is 4.38. The van der Waals surface area contributed by atoms with Crippen LogP contribution in [0.15, 0.2) is 18.2 Å². The van der Waals surface area contributed by atoms with Gasteiger partial charge in [0.1, 0.15) is 0 Å². The molecule has 1 heterocycles. The van der Waals surface area contributed by atoms with Crippen LogP contribution >= 0.6 is 11.6 Å². The Hall–Kier alpha value is -0.730. The van der Waals surface area contributed by atoms with E-state index in [1.54, 1.807) is 0 Å². The number of nitrogens with zero attached hydrogens (tertiary/aromatic N) is 2. The van der Waals surface area contributed by atoms with Crippen molar-refractivity contribution in [2.75, 3.05) is 38.6 Å². The van der Waals surface area contributed by atoms with Gasteiger partial charge in [-0.2, -0.15) is 0 Å². The lowest BCUT2D eigenvalue weighted by Crippen LogP contribution is -2.27. The van der Waals surface area contributed by atoms with Crippen molar-refractivity contribution >= 4 is 17.3 Å². The van der Waals surface area contributed by atoms with Gasteiger partial charge in [0.15, 0.2) is 0 Å².